The van der Waals surface area contributed by atoms with Crippen LogP contribution in [0.4, 0.5) is 11.4 Å². The normalized spacial score (nSPS) is 29.8. The molecular formula is C28H25N3O3. The van der Waals surface area contributed by atoms with Gasteiger partial charge in [-0.15, -0.1) is 0 Å². The minimum Gasteiger partial charge on any atom is -0.324 e. The van der Waals surface area contributed by atoms with Crippen LogP contribution >= 0.6 is 0 Å². The average molecular weight is 452 g/mol. The number of anilines is 2. The Balaban J connectivity index is 1.42. The molecule has 7 rings (SSSR count). The zero-order valence-electron chi connectivity index (χ0n) is 19.2. The summed E-state index contributed by atoms with van der Waals surface area (Å²) in [6.07, 6.45) is 1.74. The molecule has 0 saturated carbocycles. The highest BCUT2D eigenvalue weighted by atomic mass is 16.2. The van der Waals surface area contributed by atoms with Gasteiger partial charge in [0.1, 0.15) is 5.54 Å². The average Bonchev–Trinajstić information content (AvgIpc) is 3.55. The summed E-state index contributed by atoms with van der Waals surface area (Å²) in [5, 5.41) is 5.15. The summed E-state index contributed by atoms with van der Waals surface area (Å²) in [7, 11) is 0. The molecule has 34 heavy (non-hydrogen) atoms. The summed E-state index contributed by atoms with van der Waals surface area (Å²) in [5.41, 5.74) is 3.22. The zero-order chi connectivity index (χ0) is 23.4. The number of carbonyl (C=O) groups is 3. The number of hydrogen-bond donors (Lipinski definition) is 1. The van der Waals surface area contributed by atoms with Crippen LogP contribution in [0, 0.1) is 25.7 Å². The molecule has 6 heteroatoms. The lowest BCUT2D eigenvalue weighted by atomic mass is 9.75. The molecule has 3 amide bonds. The third kappa shape index (κ3) is 2.18. The van der Waals surface area contributed by atoms with E-state index in [1.54, 1.807) is 0 Å². The molecule has 170 valence electrons. The Morgan fingerprint density at radius 3 is 2.56 bits per heavy atom. The van der Waals surface area contributed by atoms with Crippen LogP contribution in [-0.2, 0) is 19.9 Å². The molecule has 1 spiro atoms. The van der Waals surface area contributed by atoms with E-state index in [0.29, 0.717) is 12.2 Å². The number of amides is 3. The number of nitrogens with one attached hydrogen (secondary N) is 1. The van der Waals surface area contributed by atoms with E-state index in [1.807, 2.05) is 68.4 Å². The third-order valence-electron chi connectivity index (χ3n) is 8.69. The van der Waals surface area contributed by atoms with Gasteiger partial charge in [0, 0.05) is 17.3 Å². The van der Waals surface area contributed by atoms with Crippen molar-refractivity contribution in [3.05, 3.63) is 71.3 Å². The van der Waals surface area contributed by atoms with Gasteiger partial charge in [-0.25, -0.2) is 4.90 Å². The molecule has 0 radical (unpaired) electrons. The van der Waals surface area contributed by atoms with Gasteiger partial charge in [-0.05, 0) is 67.3 Å². The molecule has 3 fully saturated rings. The van der Waals surface area contributed by atoms with Gasteiger partial charge in [-0.3, -0.25) is 19.3 Å². The fourth-order valence-corrected chi connectivity index (χ4v) is 7.09. The van der Waals surface area contributed by atoms with Crippen LogP contribution < -0.4 is 10.2 Å². The number of rotatable bonds is 1. The van der Waals surface area contributed by atoms with Gasteiger partial charge in [0.2, 0.25) is 17.7 Å². The Hall–Kier alpha value is -3.51. The highest BCUT2D eigenvalue weighted by Crippen LogP contribution is 2.61. The van der Waals surface area contributed by atoms with Crippen LogP contribution in [0.5, 0.6) is 0 Å². The first-order chi connectivity index (χ1) is 16.4. The molecule has 0 aromatic heterocycles. The third-order valence-corrected chi connectivity index (χ3v) is 8.69. The molecule has 4 atom stereocenters. The SMILES string of the molecule is Cc1ccc2c(c1C)NC(=O)[C@@]21[C@@H]2C(=O)N(c3ccc4ccccc4c3)C(=O)[C@H]2[C@@H]2CCCN21. The fraction of sp³-hybridized carbons (Fsp3) is 0.321. The van der Waals surface area contributed by atoms with Crippen molar-refractivity contribution >= 4 is 39.9 Å². The number of fused-ring (bicyclic) bond motifs is 8. The molecule has 0 unspecified atom stereocenters. The van der Waals surface area contributed by atoms with Crippen molar-refractivity contribution in [2.24, 2.45) is 11.8 Å². The van der Waals surface area contributed by atoms with Gasteiger partial charge in [0.25, 0.3) is 0 Å². The second-order valence-electron chi connectivity index (χ2n) is 10.1. The lowest BCUT2D eigenvalue weighted by Crippen LogP contribution is -2.54. The maximum atomic E-state index is 14.1. The van der Waals surface area contributed by atoms with E-state index in [4.69, 9.17) is 0 Å². The quantitative estimate of drug-likeness (QED) is 0.570. The van der Waals surface area contributed by atoms with Crippen molar-refractivity contribution < 1.29 is 14.4 Å². The second kappa shape index (κ2) is 6.54. The molecule has 4 aliphatic heterocycles. The summed E-state index contributed by atoms with van der Waals surface area (Å²) in [5.74, 6) is -1.85. The summed E-state index contributed by atoms with van der Waals surface area (Å²) < 4.78 is 0. The van der Waals surface area contributed by atoms with E-state index in [2.05, 4.69) is 10.2 Å². The highest BCUT2D eigenvalue weighted by Gasteiger charge is 2.74. The minimum absolute atomic E-state index is 0.106. The molecule has 0 aliphatic carbocycles. The van der Waals surface area contributed by atoms with E-state index < -0.39 is 17.4 Å². The van der Waals surface area contributed by atoms with E-state index in [-0.39, 0.29) is 23.8 Å². The zero-order valence-corrected chi connectivity index (χ0v) is 19.2. The van der Waals surface area contributed by atoms with Gasteiger partial charge in [-0.2, -0.15) is 0 Å². The van der Waals surface area contributed by atoms with Crippen molar-refractivity contribution in [3.8, 4) is 0 Å². The van der Waals surface area contributed by atoms with E-state index in [9.17, 15) is 14.4 Å². The molecule has 6 nitrogen and oxygen atoms in total. The number of hydrogen-bond acceptors (Lipinski definition) is 4. The number of carbonyl (C=O) groups excluding carboxylic acids is 3. The largest absolute Gasteiger partial charge is 0.324 e. The van der Waals surface area contributed by atoms with Crippen LogP contribution in [0.3, 0.4) is 0 Å². The Kier molecular flexibility index (Phi) is 3.83. The summed E-state index contributed by atoms with van der Waals surface area (Å²) in [6.45, 7) is 4.74. The maximum Gasteiger partial charge on any atom is 0.250 e. The monoisotopic (exact) mass is 451 g/mol. The molecule has 3 aromatic rings. The number of aryl methyl sites for hydroxylation is 1. The van der Waals surface area contributed by atoms with Gasteiger partial charge in [-0.1, -0.05) is 42.5 Å². The van der Waals surface area contributed by atoms with Crippen molar-refractivity contribution in [2.45, 2.75) is 38.3 Å². The van der Waals surface area contributed by atoms with E-state index >= 15 is 0 Å². The van der Waals surface area contributed by atoms with Crippen molar-refractivity contribution in [1.29, 1.82) is 0 Å². The standard InChI is InChI=1S/C28H25N3O3/c1-15-9-12-20-24(16(15)2)29-27(34)28(20)23-22(21-8-5-13-30(21)28)25(32)31(26(23)33)19-11-10-17-6-3-4-7-18(17)14-19/h3-4,6-7,9-12,14,21-23H,5,8,13H2,1-2H3,(H,29,34)/t21-,22-,23-,28-/m0/s1. The summed E-state index contributed by atoms with van der Waals surface area (Å²) >= 11 is 0. The second-order valence-corrected chi connectivity index (χ2v) is 10.1. The fourth-order valence-electron chi connectivity index (χ4n) is 7.09. The summed E-state index contributed by atoms with van der Waals surface area (Å²) in [4.78, 5) is 45.4. The number of imide groups is 1. The Morgan fingerprint density at radius 2 is 1.74 bits per heavy atom. The van der Waals surface area contributed by atoms with Crippen LogP contribution in [0.15, 0.2) is 54.6 Å². The minimum atomic E-state index is -1.13. The lowest BCUT2D eigenvalue weighted by Gasteiger charge is -2.36. The van der Waals surface area contributed by atoms with Crippen molar-refractivity contribution in [3.63, 3.8) is 0 Å². The molecule has 3 saturated heterocycles. The van der Waals surface area contributed by atoms with E-state index in [0.717, 1.165) is 46.0 Å². The van der Waals surface area contributed by atoms with Gasteiger partial charge in [0.05, 0.1) is 17.5 Å². The molecule has 1 N–H and O–H groups in total. The molecule has 0 bridgehead atoms. The lowest BCUT2D eigenvalue weighted by molar-refractivity contribution is -0.135. The van der Waals surface area contributed by atoms with Crippen molar-refractivity contribution in [1.82, 2.24) is 4.90 Å². The van der Waals surface area contributed by atoms with E-state index in [1.165, 1.54) is 4.90 Å². The predicted octanol–water partition coefficient (Wildman–Crippen LogP) is 3.89. The highest BCUT2D eigenvalue weighted by molar-refractivity contribution is 6.26. The number of benzene rings is 3. The Labute approximate surface area is 197 Å². The molecule has 4 heterocycles. The summed E-state index contributed by atoms with van der Waals surface area (Å²) in [6, 6.07) is 17.5. The maximum absolute atomic E-state index is 14.1. The first kappa shape index (κ1) is 19.9. The number of nitrogens with zero attached hydrogens (tertiary/aromatic N) is 2. The van der Waals surface area contributed by atoms with Crippen LogP contribution in [-0.4, -0.2) is 35.2 Å². The van der Waals surface area contributed by atoms with Crippen LogP contribution in [0.1, 0.15) is 29.5 Å². The van der Waals surface area contributed by atoms with Crippen molar-refractivity contribution in [2.75, 3.05) is 16.8 Å². The smallest absolute Gasteiger partial charge is 0.250 e. The molecule has 3 aromatic carbocycles. The predicted molar refractivity (Wildman–Crippen MR) is 129 cm³/mol. The van der Waals surface area contributed by atoms with Crippen LogP contribution in [0.2, 0.25) is 0 Å². The first-order valence-corrected chi connectivity index (χ1v) is 12.0. The molecular weight excluding hydrogens is 426 g/mol. The molecule has 4 aliphatic rings. The first-order valence-electron chi connectivity index (χ1n) is 12.0. The van der Waals surface area contributed by atoms with Gasteiger partial charge < -0.3 is 5.32 Å². The van der Waals surface area contributed by atoms with Gasteiger partial charge >= 0.3 is 0 Å². The topological polar surface area (TPSA) is 69.7 Å². The Bertz CT molecular complexity index is 1450. The van der Waals surface area contributed by atoms with Gasteiger partial charge in [0.15, 0.2) is 0 Å². The Morgan fingerprint density at radius 1 is 0.941 bits per heavy atom. The van der Waals surface area contributed by atoms with Crippen LogP contribution in [0.25, 0.3) is 10.8 Å².